The van der Waals surface area contributed by atoms with Crippen LogP contribution in [-0.2, 0) is 14.3 Å². The number of methoxy groups -OCH3 is 2. The van der Waals surface area contributed by atoms with E-state index in [0.29, 0.717) is 32.1 Å². The molecule has 1 heterocycles. The van der Waals surface area contributed by atoms with Crippen LogP contribution < -0.4 is 4.90 Å². The van der Waals surface area contributed by atoms with Crippen molar-refractivity contribution >= 4 is 11.9 Å². The van der Waals surface area contributed by atoms with Crippen LogP contribution in [0, 0.1) is 6.92 Å². The Morgan fingerprint density at radius 1 is 1.39 bits per heavy atom. The second-order valence-electron chi connectivity index (χ2n) is 3.80. The number of aromatic nitrogens is 2. The molecule has 0 radical (unpaired) electrons. The highest BCUT2D eigenvalue weighted by Gasteiger charge is 2.11. The van der Waals surface area contributed by atoms with Gasteiger partial charge in [-0.1, -0.05) is 0 Å². The number of aryl methyl sites for hydroxylation is 1. The molecule has 18 heavy (non-hydrogen) atoms. The number of anilines is 1. The molecule has 1 aromatic rings. The van der Waals surface area contributed by atoms with Gasteiger partial charge in [-0.05, 0) is 13.0 Å². The third-order valence-corrected chi connectivity index (χ3v) is 2.44. The normalized spacial score (nSPS) is 10.2. The van der Waals surface area contributed by atoms with Crippen LogP contribution in [0.15, 0.2) is 12.3 Å². The van der Waals surface area contributed by atoms with Gasteiger partial charge in [0, 0.05) is 32.1 Å². The number of rotatable bonds is 7. The van der Waals surface area contributed by atoms with Crippen LogP contribution in [0.2, 0.25) is 0 Å². The quantitative estimate of drug-likeness (QED) is 0.670. The molecule has 0 amide bonds. The smallest absolute Gasteiger partial charge is 0.307 e. The lowest BCUT2D eigenvalue weighted by molar-refractivity contribution is -0.140. The zero-order chi connectivity index (χ0) is 13.4. The first-order valence-corrected chi connectivity index (χ1v) is 5.77. The summed E-state index contributed by atoms with van der Waals surface area (Å²) in [6.07, 6.45) is 2.01. The van der Waals surface area contributed by atoms with E-state index in [2.05, 4.69) is 14.7 Å². The minimum absolute atomic E-state index is 0.245. The monoisotopic (exact) mass is 253 g/mol. The number of carbonyl (C=O) groups excluding carboxylic acids is 1. The summed E-state index contributed by atoms with van der Waals surface area (Å²) in [7, 11) is 3.01. The number of nitrogens with zero attached hydrogens (tertiary/aromatic N) is 3. The van der Waals surface area contributed by atoms with Gasteiger partial charge in [0.25, 0.3) is 0 Å². The van der Waals surface area contributed by atoms with E-state index < -0.39 is 0 Å². The maximum atomic E-state index is 11.2. The Balaban J connectivity index is 2.68. The molecule has 0 unspecified atom stereocenters. The van der Waals surface area contributed by atoms with Gasteiger partial charge in [0.1, 0.15) is 0 Å². The molecular weight excluding hydrogens is 234 g/mol. The SMILES string of the molecule is COCCN(CCC(=O)OC)c1nccc(C)n1. The predicted molar refractivity (Wildman–Crippen MR) is 67.5 cm³/mol. The molecule has 0 aromatic carbocycles. The largest absolute Gasteiger partial charge is 0.469 e. The number of hydrogen-bond acceptors (Lipinski definition) is 6. The molecule has 0 aliphatic rings. The molecule has 100 valence electrons. The van der Waals surface area contributed by atoms with Crippen molar-refractivity contribution < 1.29 is 14.3 Å². The summed E-state index contributed by atoms with van der Waals surface area (Å²) in [5.41, 5.74) is 0.889. The summed E-state index contributed by atoms with van der Waals surface area (Å²) < 4.78 is 9.67. The molecule has 0 atom stereocenters. The van der Waals surface area contributed by atoms with Gasteiger partial charge in [-0.2, -0.15) is 0 Å². The summed E-state index contributed by atoms with van der Waals surface area (Å²) >= 11 is 0. The van der Waals surface area contributed by atoms with Crippen molar-refractivity contribution in [1.29, 1.82) is 0 Å². The zero-order valence-corrected chi connectivity index (χ0v) is 11.0. The highest BCUT2D eigenvalue weighted by molar-refractivity contribution is 5.69. The Hall–Kier alpha value is -1.69. The molecule has 0 saturated carbocycles. The summed E-state index contributed by atoms with van der Waals surface area (Å²) in [5.74, 6) is 0.362. The fourth-order valence-electron chi connectivity index (χ4n) is 1.43. The number of carbonyl (C=O) groups is 1. The Morgan fingerprint density at radius 3 is 2.78 bits per heavy atom. The summed E-state index contributed by atoms with van der Waals surface area (Å²) in [6.45, 7) is 3.61. The molecule has 0 aliphatic carbocycles. The molecule has 1 rings (SSSR count). The van der Waals surface area contributed by atoms with Crippen LogP contribution >= 0.6 is 0 Å². The van der Waals surface area contributed by atoms with Crippen LogP contribution in [0.1, 0.15) is 12.1 Å². The maximum absolute atomic E-state index is 11.2. The van der Waals surface area contributed by atoms with Crippen LogP contribution in [-0.4, -0.2) is 49.9 Å². The van der Waals surface area contributed by atoms with Gasteiger partial charge in [0.15, 0.2) is 0 Å². The Labute approximate surface area is 107 Å². The van der Waals surface area contributed by atoms with Crippen molar-refractivity contribution in [2.45, 2.75) is 13.3 Å². The van der Waals surface area contributed by atoms with Crippen molar-refractivity contribution in [3.8, 4) is 0 Å². The molecule has 1 aromatic heterocycles. The maximum Gasteiger partial charge on any atom is 0.307 e. The molecule has 0 N–H and O–H groups in total. The lowest BCUT2D eigenvalue weighted by Crippen LogP contribution is -2.31. The van der Waals surface area contributed by atoms with E-state index in [1.54, 1.807) is 13.3 Å². The predicted octanol–water partition coefficient (Wildman–Crippen LogP) is 0.801. The first-order valence-electron chi connectivity index (χ1n) is 5.77. The Morgan fingerprint density at radius 2 is 2.17 bits per heavy atom. The van der Waals surface area contributed by atoms with Crippen LogP contribution in [0.25, 0.3) is 0 Å². The molecule has 6 heteroatoms. The second kappa shape index (κ2) is 7.60. The van der Waals surface area contributed by atoms with Gasteiger partial charge in [0.05, 0.1) is 20.1 Å². The van der Waals surface area contributed by atoms with E-state index in [1.165, 1.54) is 7.11 Å². The van der Waals surface area contributed by atoms with Crippen molar-refractivity contribution in [2.75, 3.05) is 38.8 Å². The Bertz CT molecular complexity index is 385. The summed E-state index contributed by atoms with van der Waals surface area (Å²) in [5, 5.41) is 0. The average molecular weight is 253 g/mol. The zero-order valence-electron chi connectivity index (χ0n) is 11.0. The van der Waals surface area contributed by atoms with Gasteiger partial charge in [-0.15, -0.1) is 0 Å². The molecule has 0 saturated heterocycles. The molecule has 0 spiro atoms. The van der Waals surface area contributed by atoms with E-state index in [1.807, 2.05) is 17.9 Å². The van der Waals surface area contributed by atoms with E-state index >= 15 is 0 Å². The van der Waals surface area contributed by atoms with Crippen LogP contribution in [0.4, 0.5) is 5.95 Å². The van der Waals surface area contributed by atoms with Gasteiger partial charge >= 0.3 is 5.97 Å². The van der Waals surface area contributed by atoms with E-state index in [0.717, 1.165) is 5.69 Å². The van der Waals surface area contributed by atoms with Crippen molar-refractivity contribution in [3.63, 3.8) is 0 Å². The van der Waals surface area contributed by atoms with Crippen LogP contribution in [0.3, 0.4) is 0 Å². The molecule has 0 aliphatic heterocycles. The average Bonchev–Trinajstić information content (AvgIpc) is 2.38. The summed E-state index contributed by atoms with van der Waals surface area (Å²) in [6, 6.07) is 1.83. The Kier molecular flexibility index (Phi) is 6.07. The van der Waals surface area contributed by atoms with E-state index in [4.69, 9.17) is 4.74 Å². The van der Waals surface area contributed by atoms with Crippen molar-refractivity contribution in [3.05, 3.63) is 18.0 Å². The van der Waals surface area contributed by atoms with Crippen molar-refractivity contribution in [2.24, 2.45) is 0 Å². The first-order chi connectivity index (χ1) is 8.67. The molecule has 0 fully saturated rings. The highest BCUT2D eigenvalue weighted by Crippen LogP contribution is 2.08. The third-order valence-electron chi connectivity index (χ3n) is 2.44. The van der Waals surface area contributed by atoms with Gasteiger partial charge in [0.2, 0.25) is 5.95 Å². The van der Waals surface area contributed by atoms with Gasteiger partial charge in [-0.3, -0.25) is 4.79 Å². The third kappa shape index (κ3) is 4.67. The topological polar surface area (TPSA) is 64.5 Å². The minimum Gasteiger partial charge on any atom is -0.469 e. The molecule has 0 bridgehead atoms. The van der Waals surface area contributed by atoms with Gasteiger partial charge < -0.3 is 14.4 Å². The lowest BCUT2D eigenvalue weighted by Gasteiger charge is -2.21. The second-order valence-corrected chi connectivity index (χ2v) is 3.80. The fraction of sp³-hybridized carbons (Fsp3) is 0.583. The standard InChI is InChI=1S/C12H19N3O3/c1-10-4-6-13-12(14-10)15(8-9-17-2)7-5-11(16)18-3/h4,6H,5,7-9H2,1-3H3. The lowest BCUT2D eigenvalue weighted by atomic mass is 10.4. The van der Waals surface area contributed by atoms with E-state index in [9.17, 15) is 4.79 Å². The fourth-order valence-corrected chi connectivity index (χ4v) is 1.43. The minimum atomic E-state index is -0.245. The number of esters is 1. The first kappa shape index (κ1) is 14.4. The highest BCUT2D eigenvalue weighted by atomic mass is 16.5. The van der Waals surface area contributed by atoms with E-state index in [-0.39, 0.29) is 5.97 Å². The summed E-state index contributed by atoms with van der Waals surface area (Å²) in [4.78, 5) is 21.6. The molecule has 6 nitrogen and oxygen atoms in total. The van der Waals surface area contributed by atoms with Crippen LogP contribution in [0.5, 0.6) is 0 Å². The molecular formula is C12H19N3O3. The van der Waals surface area contributed by atoms with Crippen molar-refractivity contribution in [1.82, 2.24) is 9.97 Å². The number of hydrogen-bond donors (Lipinski definition) is 0. The number of ether oxygens (including phenoxy) is 2. The van der Waals surface area contributed by atoms with Gasteiger partial charge in [-0.25, -0.2) is 9.97 Å².